The zero-order valence-electron chi connectivity index (χ0n) is 9.20. The van der Waals surface area contributed by atoms with E-state index in [1.165, 1.54) is 12.1 Å². The number of hydrogen-bond donors (Lipinski definition) is 0. The molecular weight excluding hydrogens is 283 g/mol. The van der Waals surface area contributed by atoms with Crippen molar-refractivity contribution in [3.8, 4) is 5.75 Å². The Bertz CT molecular complexity index is 485. The van der Waals surface area contributed by atoms with Crippen LogP contribution in [-0.4, -0.2) is 0 Å². The van der Waals surface area contributed by atoms with Gasteiger partial charge < -0.3 is 4.74 Å². The van der Waals surface area contributed by atoms with E-state index in [4.69, 9.17) is 4.74 Å². The van der Waals surface area contributed by atoms with Gasteiger partial charge in [-0.1, -0.05) is 52.3 Å². The molecule has 0 amide bonds. The standard InChI is InChI=1S/C14H12BrFO/c15-9-12-6-7-13(16)8-14(12)17-10-11-4-2-1-3-5-11/h1-8H,9-10H2. The van der Waals surface area contributed by atoms with Crippen LogP contribution in [0.3, 0.4) is 0 Å². The molecule has 0 spiro atoms. The van der Waals surface area contributed by atoms with E-state index in [0.29, 0.717) is 17.7 Å². The first-order valence-corrected chi connectivity index (χ1v) is 6.43. The van der Waals surface area contributed by atoms with E-state index >= 15 is 0 Å². The van der Waals surface area contributed by atoms with E-state index in [2.05, 4.69) is 15.9 Å². The first kappa shape index (κ1) is 12.1. The highest BCUT2D eigenvalue weighted by Crippen LogP contribution is 2.23. The van der Waals surface area contributed by atoms with Crippen molar-refractivity contribution in [2.75, 3.05) is 0 Å². The molecule has 17 heavy (non-hydrogen) atoms. The third kappa shape index (κ3) is 3.30. The fourth-order valence-electron chi connectivity index (χ4n) is 1.51. The zero-order chi connectivity index (χ0) is 12.1. The van der Waals surface area contributed by atoms with Crippen LogP contribution in [0.15, 0.2) is 48.5 Å². The summed E-state index contributed by atoms with van der Waals surface area (Å²) in [6.45, 7) is 0.449. The molecule has 0 aromatic heterocycles. The molecule has 3 heteroatoms. The van der Waals surface area contributed by atoms with Crippen LogP contribution in [0.4, 0.5) is 4.39 Å². The molecule has 0 unspecified atom stereocenters. The van der Waals surface area contributed by atoms with Crippen molar-refractivity contribution in [2.24, 2.45) is 0 Å². The fraction of sp³-hybridized carbons (Fsp3) is 0.143. The molecule has 0 N–H and O–H groups in total. The van der Waals surface area contributed by atoms with Gasteiger partial charge in [-0.2, -0.15) is 0 Å². The van der Waals surface area contributed by atoms with Gasteiger partial charge in [0.25, 0.3) is 0 Å². The second kappa shape index (κ2) is 5.82. The van der Waals surface area contributed by atoms with Crippen molar-refractivity contribution in [1.29, 1.82) is 0 Å². The molecule has 0 saturated heterocycles. The minimum Gasteiger partial charge on any atom is -0.488 e. The lowest BCUT2D eigenvalue weighted by atomic mass is 10.2. The summed E-state index contributed by atoms with van der Waals surface area (Å²) in [5.74, 6) is 0.309. The van der Waals surface area contributed by atoms with Gasteiger partial charge >= 0.3 is 0 Å². The molecule has 2 rings (SSSR count). The molecule has 1 nitrogen and oxygen atoms in total. The fourth-order valence-corrected chi connectivity index (χ4v) is 1.97. The van der Waals surface area contributed by atoms with Gasteiger partial charge in [0.2, 0.25) is 0 Å². The Morgan fingerprint density at radius 3 is 2.53 bits per heavy atom. The molecule has 0 radical (unpaired) electrons. The Balaban J connectivity index is 2.11. The highest BCUT2D eigenvalue weighted by atomic mass is 79.9. The van der Waals surface area contributed by atoms with E-state index < -0.39 is 0 Å². The number of hydrogen-bond acceptors (Lipinski definition) is 1. The lowest BCUT2D eigenvalue weighted by Crippen LogP contribution is -1.98. The maximum absolute atomic E-state index is 13.1. The molecule has 2 aromatic rings. The van der Waals surface area contributed by atoms with Crippen molar-refractivity contribution >= 4 is 15.9 Å². The number of ether oxygens (including phenoxy) is 1. The first-order chi connectivity index (χ1) is 8.29. The lowest BCUT2D eigenvalue weighted by molar-refractivity contribution is 0.302. The molecule has 0 aliphatic rings. The van der Waals surface area contributed by atoms with Crippen LogP contribution < -0.4 is 4.74 Å². The average molecular weight is 295 g/mol. The van der Waals surface area contributed by atoms with E-state index in [1.54, 1.807) is 6.07 Å². The monoisotopic (exact) mass is 294 g/mol. The topological polar surface area (TPSA) is 9.23 Å². The minimum absolute atomic E-state index is 0.280. The average Bonchev–Trinajstić information content (AvgIpc) is 2.38. The predicted molar refractivity (Wildman–Crippen MR) is 69.8 cm³/mol. The lowest BCUT2D eigenvalue weighted by Gasteiger charge is -2.10. The molecular formula is C14H12BrFO. The summed E-state index contributed by atoms with van der Waals surface area (Å²) in [4.78, 5) is 0. The number of rotatable bonds is 4. The highest BCUT2D eigenvalue weighted by Gasteiger charge is 2.04. The Kier molecular flexibility index (Phi) is 4.15. The predicted octanol–water partition coefficient (Wildman–Crippen LogP) is 4.30. The van der Waals surface area contributed by atoms with Crippen molar-refractivity contribution in [2.45, 2.75) is 11.9 Å². The smallest absolute Gasteiger partial charge is 0.126 e. The van der Waals surface area contributed by atoms with Crippen LogP contribution in [-0.2, 0) is 11.9 Å². The molecule has 0 bridgehead atoms. The Morgan fingerprint density at radius 2 is 1.82 bits per heavy atom. The van der Waals surface area contributed by atoms with Gasteiger partial charge in [0.1, 0.15) is 18.2 Å². The minimum atomic E-state index is -0.280. The van der Waals surface area contributed by atoms with E-state index in [1.807, 2.05) is 30.3 Å². The summed E-state index contributed by atoms with van der Waals surface area (Å²) in [5.41, 5.74) is 2.01. The molecule has 2 aromatic carbocycles. The molecule has 0 aliphatic heterocycles. The molecule has 0 fully saturated rings. The van der Waals surface area contributed by atoms with Crippen molar-refractivity contribution in [1.82, 2.24) is 0 Å². The van der Waals surface area contributed by atoms with Gasteiger partial charge in [-0.05, 0) is 11.6 Å². The van der Waals surface area contributed by atoms with Crippen LogP contribution in [0.2, 0.25) is 0 Å². The van der Waals surface area contributed by atoms with Gasteiger partial charge in [0.15, 0.2) is 0 Å². The quantitative estimate of drug-likeness (QED) is 0.764. The summed E-state index contributed by atoms with van der Waals surface area (Å²) in [6.07, 6.45) is 0. The Hall–Kier alpha value is -1.35. The van der Waals surface area contributed by atoms with Crippen LogP contribution in [0.1, 0.15) is 11.1 Å². The van der Waals surface area contributed by atoms with Gasteiger partial charge in [-0.25, -0.2) is 4.39 Å². The first-order valence-electron chi connectivity index (χ1n) is 5.30. The van der Waals surface area contributed by atoms with Crippen LogP contribution >= 0.6 is 15.9 Å². The summed E-state index contributed by atoms with van der Waals surface area (Å²) in [7, 11) is 0. The van der Waals surface area contributed by atoms with Crippen molar-refractivity contribution in [3.63, 3.8) is 0 Å². The second-order valence-corrected chi connectivity index (χ2v) is 4.22. The number of alkyl halides is 1. The Morgan fingerprint density at radius 1 is 1.06 bits per heavy atom. The Labute approximate surface area is 108 Å². The molecule has 0 aliphatic carbocycles. The third-order valence-electron chi connectivity index (χ3n) is 2.41. The SMILES string of the molecule is Fc1ccc(CBr)c(OCc2ccccc2)c1. The van der Waals surface area contributed by atoms with Gasteiger partial charge in [-0.15, -0.1) is 0 Å². The van der Waals surface area contributed by atoms with E-state index in [-0.39, 0.29) is 5.82 Å². The van der Waals surface area contributed by atoms with Crippen LogP contribution in [0.5, 0.6) is 5.75 Å². The largest absolute Gasteiger partial charge is 0.488 e. The zero-order valence-corrected chi connectivity index (χ0v) is 10.8. The van der Waals surface area contributed by atoms with Gasteiger partial charge in [0, 0.05) is 17.0 Å². The van der Waals surface area contributed by atoms with E-state index in [9.17, 15) is 4.39 Å². The third-order valence-corrected chi connectivity index (χ3v) is 3.01. The van der Waals surface area contributed by atoms with Crippen LogP contribution in [0, 0.1) is 5.82 Å². The molecule has 0 atom stereocenters. The molecule has 0 saturated carbocycles. The summed E-state index contributed by atoms with van der Waals surface area (Å²) in [5, 5.41) is 0.650. The van der Waals surface area contributed by atoms with Crippen LogP contribution in [0.25, 0.3) is 0 Å². The maximum atomic E-state index is 13.1. The number of benzene rings is 2. The highest BCUT2D eigenvalue weighted by molar-refractivity contribution is 9.08. The number of halogens is 2. The van der Waals surface area contributed by atoms with Crippen molar-refractivity contribution < 1.29 is 9.13 Å². The molecule has 88 valence electrons. The maximum Gasteiger partial charge on any atom is 0.126 e. The second-order valence-electron chi connectivity index (χ2n) is 3.66. The molecule has 0 heterocycles. The van der Waals surface area contributed by atoms with Gasteiger partial charge in [-0.3, -0.25) is 0 Å². The normalized spacial score (nSPS) is 10.2. The van der Waals surface area contributed by atoms with Crippen molar-refractivity contribution in [3.05, 3.63) is 65.5 Å². The summed E-state index contributed by atoms with van der Waals surface area (Å²) >= 11 is 3.36. The van der Waals surface area contributed by atoms with E-state index in [0.717, 1.165) is 11.1 Å². The summed E-state index contributed by atoms with van der Waals surface area (Å²) in [6, 6.07) is 14.4. The summed E-state index contributed by atoms with van der Waals surface area (Å²) < 4.78 is 18.7. The van der Waals surface area contributed by atoms with Gasteiger partial charge in [0.05, 0.1) is 0 Å².